The van der Waals surface area contributed by atoms with Crippen molar-refractivity contribution in [3.8, 4) is 0 Å². The average molecular weight is 233 g/mol. The third kappa shape index (κ3) is 2.86. The van der Waals surface area contributed by atoms with E-state index in [4.69, 9.17) is 4.74 Å². The molecule has 1 aliphatic heterocycles. The summed E-state index contributed by atoms with van der Waals surface area (Å²) in [4.78, 5) is 14.2. The zero-order valence-electron chi connectivity index (χ0n) is 10.6. The maximum absolute atomic E-state index is 12.3. The molecule has 0 bridgehead atoms. The van der Waals surface area contributed by atoms with Crippen molar-refractivity contribution in [3.05, 3.63) is 35.9 Å². The van der Waals surface area contributed by atoms with E-state index in [2.05, 4.69) is 0 Å². The first-order valence-corrected chi connectivity index (χ1v) is 6.00. The predicted octanol–water partition coefficient (Wildman–Crippen LogP) is 2.33. The highest BCUT2D eigenvalue weighted by molar-refractivity contribution is 5.94. The molecule has 0 saturated carbocycles. The van der Waals surface area contributed by atoms with Crippen LogP contribution in [0.2, 0.25) is 0 Å². The number of rotatable bonds is 1. The molecule has 1 aromatic rings. The SMILES string of the molecule is CC1CN(C(=O)c2ccccc2)CC(C)(C)O1. The number of morpholine rings is 1. The van der Waals surface area contributed by atoms with Crippen molar-refractivity contribution in [1.82, 2.24) is 4.90 Å². The number of nitrogens with zero attached hydrogens (tertiary/aromatic N) is 1. The van der Waals surface area contributed by atoms with E-state index >= 15 is 0 Å². The van der Waals surface area contributed by atoms with Crippen molar-refractivity contribution in [2.24, 2.45) is 0 Å². The van der Waals surface area contributed by atoms with Crippen LogP contribution in [0.5, 0.6) is 0 Å². The summed E-state index contributed by atoms with van der Waals surface area (Å²) in [5, 5.41) is 0. The summed E-state index contributed by atoms with van der Waals surface area (Å²) in [5.74, 6) is 0.0915. The minimum absolute atomic E-state index is 0.0893. The van der Waals surface area contributed by atoms with Gasteiger partial charge in [-0.3, -0.25) is 4.79 Å². The van der Waals surface area contributed by atoms with Crippen LogP contribution in [0.1, 0.15) is 31.1 Å². The highest BCUT2D eigenvalue weighted by Gasteiger charge is 2.33. The fourth-order valence-electron chi connectivity index (χ4n) is 2.37. The molecule has 17 heavy (non-hydrogen) atoms. The normalized spacial score (nSPS) is 23.5. The quantitative estimate of drug-likeness (QED) is 0.745. The van der Waals surface area contributed by atoms with E-state index in [1.165, 1.54) is 0 Å². The van der Waals surface area contributed by atoms with Crippen LogP contribution in [0.25, 0.3) is 0 Å². The van der Waals surface area contributed by atoms with Crippen LogP contribution in [0.15, 0.2) is 30.3 Å². The molecule has 1 amide bonds. The van der Waals surface area contributed by atoms with Crippen LogP contribution < -0.4 is 0 Å². The molecule has 0 spiro atoms. The van der Waals surface area contributed by atoms with E-state index in [0.717, 1.165) is 5.56 Å². The smallest absolute Gasteiger partial charge is 0.254 e. The third-order valence-corrected chi connectivity index (χ3v) is 2.88. The molecule has 1 atom stereocenters. The Morgan fingerprint density at radius 3 is 2.59 bits per heavy atom. The van der Waals surface area contributed by atoms with Gasteiger partial charge in [-0.1, -0.05) is 18.2 Å². The number of hydrogen-bond acceptors (Lipinski definition) is 2. The second kappa shape index (κ2) is 4.49. The first-order valence-electron chi connectivity index (χ1n) is 6.00. The Kier molecular flexibility index (Phi) is 3.20. The van der Waals surface area contributed by atoms with Gasteiger partial charge in [-0.2, -0.15) is 0 Å². The molecule has 0 aliphatic carbocycles. The fourth-order valence-corrected chi connectivity index (χ4v) is 2.37. The van der Waals surface area contributed by atoms with Crippen molar-refractivity contribution in [1.29, 1.82) is 0 Å². The molecule has 0 aromatic heterocycles. The minimum Gasteiger partial charge on any atom is -0.369 e. The summed E-state index contributed by atoms with van der Waals surface area (Å²) in [7, 11) is 0. The van der Waals surface area contributed by atoms with Gasteiger partial charge >= 0.3 is 0 Å². The summed E-state index contributed by atoms with van der Waals surface area (Å²) < 4.78 is 5.80. The summed E-state index contributed by atoms with van der Waals surface area (Å²) in [5.41, 5.74) is 0.486. The van der Waals surface area contributed by atoms with Crippen LogP contribution in [-0.4, -0.2) is 35.6 Å². The van der Waals surface area contributed by atoms with Crippen molar-refractivity contribution in [3.63, 3.8) is 0 Å². The van der Waals surface area contributed by atoms with E-state index in [0.29, 0.717) is 13.1 Å². The lowest BCUT2D eigenvalue weighted by Gasteiger charge is -2.41. The van der Waals surface area contributed by atoms with E-state index in [9.17, 15) is 4.79 Å². The average Bonchev–Trinajstić information content (AvgIpc) is 2.26. The van der Waals surface area contributed by atoms with E-state index < -0.39 is 0 Å². The van der Waals surface area contributed by atoms with Gasteiger partial charge in [0, 0.05) is 18.7 Å². The number of amides is 1. The minimum atomic E-state index is -0.262. The van der Waals surface area contributed by atoms with Crippen molar-refractivity contribution >= 4 is 5.91 Å². The molecule has 1 aliphatic rings. The number of ether oxygens (including phenoxy) is 1. The van der Waals surface area contributed by atoms with Crippen molar-refractivity contribution in [2.75, 3.05) is 13.1 Å². The molecule has 3 nitrogen and oxygen atoms in total. The fraction of sp³-hybridized carbons (Fsp3) is 0.500. The lowest BCUT2D eigenvalue weighted by molar-refractivity contribution is -0.118. The first kappa shape index (κ1) is 12.1. The largest absolute Gasteiger partial charge is 0.369 e. The maximum atomic E-state index is 12.3. The van der Waals surface area contributed by atoms with Crippen LogP contribution in [-0.2, 0) is 4.74 Å². The Hall–Kier alpha value is -1.35. The van der Waals surface area contributed by atoms with E-state index in [1.54, 1.807) is 0 Å². The van der Waals surface area contributed by atoms with Crippen molar-refractivity contribution in [2.45, 2.75) is 32.5 Å². The van der Waals surface area contributed by atoms with Gasteiger partial charge in [0.25, 0.3) is 5.91 Å². The van der Waals surface area contributed by atoms with Gasteiger partial charge in [-0.25, -0.2) is 0 Å². The topological polar surface area (TPSA) is 29.5 Å². The second-order valence-electron chi connectivity index (χ2n) is 5.24. The zero-order valence-corrected chi connectivity index (χ0v) is 10.6. The molecule has 1 aromatic carbocycles. The molecule has 92 valence electrons. The van der Waals surface area contributed by atoms with Gasteiger partial charge in [-0.15, -0.1) is 0 Å². The summed E-state index contributed by atoms with van der Waals surface area (Å²) >= 11 is 0. The molecule has 2 rings (SSSR count). The Labute approximate surface area is 102 Å². The Balaban J connectivity index is 2.15. The Morgan fingerprint density at radius 1 is 1.35 bits per heavy atom. The summed E-state index contributed by atoms with van der Waals surface area (Å²) in [6, 6.07) is 9.41. The van der Waals surface area contributed by atoms with Crippen molar-refractivity contribution < 1.29 is 9.53 Å². The highest BCUT2D eigenvalue weighted by atomic mass is 16.5. The molecular formula is C14H19NO2. The summed E-state index contributed by atoms with van der Waals surface area (Å²) in [6.07, 6.45) is 0.0893. The van der Waals surface area contributed by atoms with E-state index in [-0.39, 0.29) is 17.6 Å². The molecule has 0 radical (unpaired) electrons. The number of carbonyl (C=O) groups is 1. The summed E-state index contributed by atoms with van der Waals surface area (Å²) in [6.45, 7) is 7.36. The monoisotopic (exact) mass is 233 g/mol. The van der Waals surface area contributed by atoms with E-state index in [1.807, 2.05) is 56.0 Å². The molecule has 0 N–H and O–H groups in total. The first-order chi connectivity index (χ1) is 7.98. The van der Waals surface area contributed by atoms with Crippen LogP contribution in [0, 0.1) is 0 Å². The molecular weight excluding hydrogens is 214 g/mol. The Bertz CT molecular complexity index is 400. The van der Waals surface area contributed by atoms with Gasteiger partial charge in [0.1, 0.15) is 0 Å². The predicted molar refractivity (Wildman–Crippen MR) is 67.0 cm³/mol. The molecule has 1 saturated heterocycles. The molecule has 1 unspecified atom stereocenters. The third-order valence-electron chi connectivity index (χ3n) is 2.88. The maximum Gasteiger partial charge on any atom is 0.254 e. The standard InChI is InChI=1S/C14H19NO2/c1-11-9-15(10-14(2,3)17-11)13(16)12-7-5-4-6-8-12/h4-8,11H,9-10H2,1-3H3. The second-order valence-corrected chi connectivity index (χ2v) is 5.24. The van der Waals surface area contributed by atoms with Gasteiger partial charge in [0.05, 0.1) is 11.7 Å². The molecule has 3 heteroatoms. The lowest BCUT2D eigenvalue weighted by atomic mass is 10.0. The van der Waals surface area contributed by atoms with Crippen LogP contribution >= 0.6 is 0 Å². The molecule has 1 fully saturated rings. The van der Waals surface area contributed by atoms with Gasteiger partial charge in [-0.05, 0) is 32.9 Å². The van der Waals surface area contributed by atoms with Crippen LogP contribution in [0.3, 0.4) is 0 Å². The van der Waals surface area contributed by atoms with Gasteiger partial charge < -0.3 is 9.64 Å². The van der Waals surface area contributed by atoms with Crippen LogP contribution in [0.4, 0.5) is 0 Å². The van der Waals surface area contributed by atoms with Gasteiger partial charge in [0.15, 0.2) is 0 Å². The zero-order chi connectivity index (χ0) is 12.5. The Morgan fingerprint density at radius 2 is 2.00 bits per heavy atom. The lowest BCUT2D eigenvalue weighted by Crippen LogP contribution is -2.53. The highest BCUT2D eigenvalue weighted by Crippen LogP contribution is 2.22. The number of carbonyl (C=O) groups excluding carboxylic acids is 1. The van der Waals surface area contributed by atoms with Gasteiger partial charge in [0.2, 0.25) is 0 Å². The number of benzene rings is 1. The molecule has 1 heterocycles. The number of hydrogen-bond donors (Lipinski definition) is 0.